The summed E-state index contributed by atoms with van der Waals surface area (Å²) in [4.78, 5) is -0.176. The Hall–Kier alpha value is -1.44. The number of rotatable bonds is 2. The van der Waals surface area contributed by atoms with E-state index in [0.29, 0.717) is 5.56 Å². The summed E-state index contributed by atoms with van der Waals surface area (Å²) in [5.41, 5.74) is 0.436. The van der Waals surface area contributed by atoms with E-state index >= 15 is 0 Å². The van der Waals surface area contributed by atoms with Crippen LogP contribution in [-0.2, 0) is 10.0 Å². The van der Waals surface area contributed by atoms with E-state index in [1.54, 1.807) is 6.07 Å². The highest BCUT2D eigenvalue weighted by Gasteiger charge is 2.15. The van der Waals surface area contributed by atoms with Gasteiger partial charge in [-0.3, -0.25) is 0 Å². The molecule has 0 aliphatic rings. The van der Waals surface area contributed by atoms with Crippen LogP contribution in [0.25, 0.3) is 11.5 Å². The summed E-state index contributed by atoms with van der Waals surface area (Å²) in [5.74, 6) is 0.196. The molecule has 0 atom stereocenters. The van der Waals surface area contributed by atoms with Gasteiger partial charge in [0.15, 0.2) is 0 Å². The van der Waals surface area contributed by atoms with E-state index in [2.05, 4.69) is 10.2 Å². The topological polar surface area (TPSA) is 99.1 Å². The lowest BCUT2D eigenvalue weighted by Gasteiger charge is -2.02. The maximum absolute atomic E-state index is 11.2. The number of benzene rings is 1. The summed E-state index contributed by atoms with van der Waals surface area (Å²) in [6, 6.07) is 4.25. The fourth-order valence-electron chi connectivity index (χ4n) is 1.15. The fraction of sp³-hybridized carbons (Fsp3) is 0. The van der Waals surface area contributed by atoms with Gasteiger partial charge in [-0.05, 0) is 18.2 Å². The van der Waals surface area contributed by atoms with Gasteiger partial charge in [0.05, 0.1) is 5.02 Å². The van der Waals surface area contributed by atoms with E-state index in [0.717, 1.165) is 6.39 Å². The molecule has 0 spiro atoms. The van der Waals surface area contributed by atoms with Crippen LogP contribution in [0.4, 0.5) is 0 Å². The zero-order chi connectivity index (χ0) is 11.8. The molecule has 0 bridgehead atoms. The van der Waals surface area contributed by atoms with Gasteiger partial charge in [0.2, 0.25) is 22.3 Å². The van der Waals surface area contributed by atoms with Gasteiger partial charge in [-0.2, -0.15) is 0 Å². The molecule has 1 heterocycles. The van der Waals surface area contributed by atoms with Gasteiger partial charge in [0.25, 0.3) is 0 Å². The van der Waals surface area contributed by atoms with Gasteiger partial charge < -0.3 is 4.42 Å². The smallest absolute Gasteiger partial charge is 0.247 e. The molecule has 8 heteroatoms. The number of sulfonamides is 1. The third-order valence-corrected chi connectivity index (χ3v) is 3.24. The number of primary sulfonamides is 1. The SMILES string of the molecule is NS(=O)(=O)c1cc(-c2nnco2)ccc1Cl. The van der Waals surface area contributed by atoms with E-state index in [-0.39, 0.29) is 15.8 Å². The molecule has 84 valence electrons. The summed E-state index contributed by atoms with van der Waals surface area (Å²) in [6.07, 6.45) is 1.14. The van der Waals surface area contributed by atoms with E-state index in [9.17, 15) is 8.42 Å². The van der Waals surface area contributed by atoms with Crippen molar-refractivity contribution in [3.8, 4) is 11.5 Å². The van der Waals surface area contributed by atoms with Crippen molar-refractivity contribution in [2.45, 2.75) is 4.90 Å². The second-order valence-electron chi connectivity index (χ2n) is 2.93. The van der Waals surface area contributed by atoms with Gasteiger partial charge in [-0.15, -0.1) is 10.2 Å². The molecule has 0 amide bonds. The first-order valence-corrected chi connectivity index (χ1v) is 6.00. The van der Waals surface area contributed by atoms with Crippen molar-refractivity contribution in [2.75, 3.05) is 0 Å². The standard InChI is InChI=1S/C8H6ClN3O3S/c9-6-2-1-5(8-12-11-4-15-8)3-7(6)16(10,13)14/h1-4H,(H2,10,13,14). The quantitative estimate of drug-likeness (QED) is 0.869. The Morgan fingerprint density at radius 1 is 1.38 bits per heavy atom. The first-order valence-electron chi connectivity index (χ1n) is 4.07. The molecule has 16 heavy (non-hydrogen) atoms. The first-order chi connectivity index (χ1) is 7.48. The van der Waals surface area contributed by atoms with Crippen LogP contribution in [-0.4, -0.2) is 18.6 Å². The number of nitrogens with two attached hydrogens (primary N) is 1. The Balaban J connectivity index is 2.61. The minimum Gasteiger partial charge on any atom is -0.423 e. The molecule has 0 fully saturated rings. The molecule has 0 saturated carbocycles. The monoisotopic (exact) mass is 259 g/mol. The fourth-order valence-corrected chi connectivity index (χ4v) is 2.22. The molecular formula is C8H6ClN3O3S. The number of halogens is 1. The molecule has 6 nitrogen and oxygen atoms in total. The Labute approximate surface area is 96.1 Å². The van der Waals surface area contributed by atoms with Crippen molar-refractivity contribution in [3.05, 3.63) is 29.6 Å². The highest BCUT2D eigenvalue weighted by Crippen LogP contribution is 2.26. The van der Waals surface area contributed by atoms with Crippen molar-refractivity contribution in [1.29, 1.82) is 0 Å². The van der Waals surface area contributed by atoms with Crippen LogP contribution in [0, 0.1) is 0 Å². The van der Waals surface area contributed by atoms with Gasteiger partial charge in [-0.1, -0.05) is 11.6 Å². The third kappa shape index (κ3) is 2.06. The Bertz CT molecular complexity index is 609. The molecule has 0 aliphatic heterocycles. The zero-order valence-electron chi connectivity index (χ0n) is 7.79. The summed E-state index contributed by atoms with van der Waals surface area (Å²) in [6.45, 7) is 0. The average Bonchev–Trinajstić information content (AvgIpc) is 2.69. The van der Waals surface area contributed by atoms with Crippen molar-refractivity contribution in [2.24, 2.45) is 5.14 Å². The normalized spacial score (nSPS) is 11.6. The highest BCUT2D eigenvalue weighted by atomic mass is 35.5. The predicted molar refractivity (Wildman–Crippen MR) is 56.1 cm³/mol. The molecule has 2 aromatic rings. The number of aromatic nitrogens is 2. The Morgan fingerprint density at radius 3 is 2.69 bits per heavy atom. The van der Waals surface area contributed by atoms with Gasteiger partial charge in [0, 0.05) is 5.56 Å². The minimum atomic E-state index is -3.87. The molecule has 0 saturated heterocycles. The van der Waals surface area contributed by atoms with E-state index in [1.165, 1.54) is 12.1 Å². The second-order valence-corrected chi connectivity index (χ2v) is 4.87. The molecule has 2 rings (SSSR count). The van der Waals surface area contributed by atoms with Crippen LogP contribution in [0.3, 0.4) is 0 Å². The van der Waals surface area contributed by atoms with Gasteiger partial charge in [0.1, 0.15) is 4.90 Å². The van der Waals surface area contributed by atoms with E-state index < -0.39 is 10.0 Å². The summed E-state index contributed by atoms with van der Waals surface area (Å²) < 4.78 is 27.3. The number of hydrogen-bond acceptors (Lipinski definition) is 5. The van der Waals surface area contributed by atoms with Crippen molar-refractivity contribution < 1.29 is 12.8 Å². The molecule has 0 unspecified atom stereocenters. The number of nitrogens with zero attached hydrogens (tertiary/aromatic N) is 2. The average molecular weight is 260 g/mol. The van der Waals surface area contributed by atoms with E-state index in [1.807, 2.05) is 0 Å². The molecule has 1 aromatic carbocycles. The van der Waals surface area contributed by atoms with Crippen LogP contribution < -0.4 is 5.14 Å². The van der Waals surface area contributed by atoms with Crippen LogP contribution in [0.2, 0.25) is 5.02 Å². The van der Waals surface area contributed by atoms with Crippen LogP contribution >= 0.6 is 11.6 Å². The van der Waals surface area contributed by atoms with Crippen LogP contribution in [0.15, 0.2) is 33.9 Å². The van der Waals surface area contributed by atoms with Crippen LogP contribution in [0.1, 0.15) is 0 Å². The lowest BCUT2D eigenvalue weighted by atomic mass is 10.2. The summed E-state index contributed by atoms with van der Waals surface area (Å²) in [7, 11) is -3.87. The molecule has 0 radical (unpaired) electrons. The minimum absolute atomic E-state index is 0.0470. The van der Waals surface area contributed by atoms with Crippen molar-refractivity contribution >= 4 is 21.6 Å². The largest absolute Gasteiger partial charge is 0.423 e. The lowest BCUT2D eigenvalue weighted by Crippen LogP contribution is -2.12. The highest BCUT2D eigenvalue weighted by molar-refractivity contribution is 7.89. The maximum atomic E-state index is 11.2. The first kappa shape index (κ1) is 11.1. The molecule has 1 aromatic heterocycles. The predicted octanol–water partition coefficient (Wildman–Crippen LogP) is 1.04. The zero-order valence-corrected chi connectivity index (χ0v) is 9.36. The Kier molecular flexibility index (Phi) is 2.66. The maximum Gasteiger partial charge on any atom is 0.247 e. The molecule has 0 aliphatic carbocycles. The molecule has 2 N–H and O–H groups in total. The van der Waals surface area contributed by atoms with Crippen molar-refractivity contribution in [1.82, 2.24) is 10.2 Å². The third-order valence-electron chi connectivity index (χ3n) is 1.84. The van der Waals surface area contributed by atoms with Gasteiger partial charge in [-0.25, -0.2) is 13.6 Å². The van der Waals surface area contributed by atoms with Crippen LogP contribution in [0.5, 0.6) is 0 Å². The van der Waals surface area contributed by atoms with Crippen molar-refractivity contribution in [3.63, 3.8) is 0 Å². The summed E-state index contributed by atoms with van der Waals surface area (Å²) in [5, 5.41) is 12.2. The second kappa shape index (κ2) is 3.85. The Morgan fingerprint density at radius 2 is 2.12 bits per heavy atom. The van der Waals surface area contributed by atoms with E-state index in [4.69, 9.17) is 21.2 Å². The number of hydrogen-bond donors (Lipinski definition) is 1. The summed E-state index contributed by atoms with van der Waals surface area (Å²) >= 11 is 5.72. The lowest BCUT2D eigenvalue weighted by molar-refractivity contribution is 0.568. The van der Waals surface area contributed by atoms with Gasteiger partial charge >= 0.3 is 0 Å². The molecular weight excluding hydrogens is 254 g/mol.